The van der Waals surface area contributed by atoms with Crippen molar-refractivity contribution >= 4 is 11.7 Å². The van der Waals surface area contributed by atoms with Crippen LogP contribution in [0, 0.1) is 5.92 Å². The molecule has 1 atom stereocenters. The summed E-state index contributed by atoms with van der Waals surface area (Å²) in [6.07, 6.45) is 3.13. The number of fused-ring (bicyclic) bond motifs is 1. The van der Waals surface area contributed by atoms with Gasteiger partial charge in [-0.15, -0.1) is 0 Å². The van der Waals surface area contributed by atoms with Crippen molar-refractivity contribution < 1.29 is 4.79 Å². The van der Waals surface area contributed by atoms with Crippen LogP contribution in [0.3, 0.4) is 0 Å². The molecule has 1 amide bonds. The van der Waals surface area contributed by atoms with Gasteiger partial charge in [0.05, 0.1) is 5.92 Å². The maximum Gasteiger partial charge on any atom is 0.345 e. The Labute approximate surface area is 152 Å². The summed E-state index contributed by atoms with van der Waals surface area (Å²) in [5.41, 5.74) is 0.841. The van der Waals surface area contributed by atoms with E-state index in [0.29, 0.717) is 25.9 Å². The molecule has 0 aromatic carbocycles. The second-order valence-corrected chi connectivity index (χ2v) is 6.54. The molecule has 8 nitrogen and oxygen atoms in total. The Morgan fingerprint density at radius 3 is 2.88 bits per heavy atom. The quantitative estimate of drug-likeness (QED) is 0.822. The number of hydrogen-bond donors (Lipinski definition) is 1. The molecule has 3 rings (SSSR count). The number of rotatable bonds is 6. The highest BCUT2D eigenvalue weighted by molar-refractivity contribution is 5.78. The Kier molecular flexibility index (Phi) is 5.39. The largest absolute Gasteiger partial charge is 0.357 e. The number of nitrogens with one attached hydrogen (secondary N) is 1. The van der Waals surface area contributed by atoms with E-state index in [4.69, 9.17) is 0 Å². The fraction of sp³-hybridized carbons (Fsp3) is 0.556. The zero-order valence-corrected chi connectivity index (χ0v) is 15.6. The van der Waals surface area contributed by atoms with E-state index in [-0.39, 0.29) is 17.5 Å². The lowest BCUT2D eigenvalue weighted by molar-refractivity contribution is -0.126. The molecule has 0 fully saturated rings. The first-order valence-corrected chi connectivity index (χ1v) is 9.14. The third-order valence-electron chi connectivity index (χ3n) is 4.96. The molecule has 0 bridgehead atoms. The predicted molar refractivity (Wildman–Crippen MR) is 98.9 cm³/mol. The first kappa shape index (κ1) is 18.2. The number of anilines is 1. The molecule has 2 aromatic heterocycles. The van der Waals surface area contributed by atoms with Crippen molar-refractivity contribution in [2.45, 2.75) is 39.8 Å². The predicted octanol–water partition coefficient (Wildman–Crippen LogP) is 0.702. The highest BCUT2D eigenvalue weighted by Crippen LogP contribution is 2.19. The van der Waals surface area contributed by atoms with Gasteiger partial charge in [-0.2, -0.15) is 5.10 Å². The first-order chi connectivity index (χ1) is 12.5. The van der Waals surface area contributed by atoms with E-state index in [1.54, 1.807) is 17.8 Å². The zero-order valence-electron chi connectivity index (χ0n) is 15.6. The van der Waals surface area contributed by atoms with Crippen molar-refractivity contribution in [1.82, 2.24) is 24.6 Å². The van der Waals surface area contributed by atoms with Crippen LogP contribution < -0.4 is 15.9 Å². The summed E-state index contributed by atoms with van der Waals surface area (Å²) in [7, 11) is 1.64. The van der Waals surface area contributed by atoms with E-state index >= 15 is 0 Å². The van der Waals surface area contributed by atoms with Crippen LogP contribution in [0.2, 0.25) is 0 Å². The number of carbonyl (C=O) groups is 1. The maximum absolute atomic E-state index is 12.6. The van der Waals surface area contributed by atoms with Gasteiger partial charge in [-0.3, -0.25) is 9.36 Å². The van der Waals surface area contributed by atoms with Crippen LogP contribution in [0.25, 0.3) is 0 Å². The minimum Gasteiger partial charge on any atom is -0.357 e. The molecule has 1 aliphatic rings. The number of nitrogens with zero attached hydrogens (tertiary/aromatic N) is 5. The van der Waals surface area contributed by atoms with Gasteiger partial charge in [0.2, 0.25) is 5.91 Å². The molecule has 0 spiro atoms. The molecule has 0 radical (unpaired) electrons. The van der Waals surface area contributed by atoms with Crippen molar-refractivity contribution in [3.63, 3.8) is 0 Å². The first-order valence-electron chi connectivity index (χ1n) is 9.14. The van der Waals surface area contributed by atoms with Gasteiger partial charge in [0.1, 0.15) is 11.6 Å². The van der Waals surface area contributed by atoms with Crippen LogP contribution in [-0.2, 0) is 31.4 Å². The number of pyridine rings is 1. The number of aryl methyl sites for hydroxylation is 2. The molecular formula is C18H26N6O2. The van der Waals surface area contributed by atoms with Crippen molar-refractivity contribution in [3.8, 4) is 0 Å². The minimum atomic E-state index is -0.210. The average molecular weight is 358 g/mol. The summed E-state index contributed by atoms with van der Waals surface area (Å²) in [5.74, 6) is 1.43. The van der Waals surface area contributed by atoms with Crippen molar-refractivity contribution in [1.29, 1.82) is 0 Å². The summed E-state index contributed by atoms with van der Waals surface area (Å²) in [6, 6.07) is 3.88. The van der Waals surface area contributed by atoms with Gasteiger partial charge in [0, 0.05) is 51.4 Å². The molecule has 1 N–H and O–H groups in total. The molecule has 1 unspecified atom stereocenters. The smallest absolute Gasteiger partial charge is 0.345 e. The van der Waals surface area contributed by atoms with Crippen LogP contribution in [-0.4, -0.2) is 38.3 Å². The van der Waals surface area contributed by atoms with Crippen LogP contribution in [0.1, 0.15) is 31.7 Å². The van der Waals surface area contributed by atoms with Gasteiger partial charge in [0.25, 0.3) is 0 Å². The van der Waals surface area contributed by atoms with Crippen LogP contribution in [0.5, 0.6) is 0 Å². The van der Waals surface area contributed by atoms with Crippen molar-refractivity contribution in [2.75, 3.05) is 18.0 Å². The molecule has 1 aliphatic heterocycles. The van der Waals surface area contributed by atoms with Crippen LogP contribution in [0.15, 0.2) is 23.1 Å². The van der Waals surface area contributed by atoms with Gasteiger partial charge in [-0.25, -0.2) is 14.5 Å². The second-order valence-electron chi connectivity index (χ2n) is 6.54. The molecule has 3 heterocycles. The summed E-state index contributed by atoms with van der Waals surface area (Å²) in [6.45, 7) is 6.73. The SMILES string of the molecule is CCN(CC)c1ncccc1CNC(=O)C1CCc2nn(C)c(=O)n2C1. The lowest BCUT2D eigenvalue weighted by Crippen LogP contribution is -2.38. The van der Waals surface area contributed by atoms with Gasteiger partial charge in [-0.1, -0.05) is 6.07 Å². The van der Waals surface area contributed by atoms with E-state index in [0.717, 1.165) is 30.3 Å². The molecule has 8 heteroatoms. The average Bonchev–Trinajstić information content (AvgIpc) is 2.95. The number of aromatic nitrogens is 4. The lowest BCUT2D eigenvalue weighted by Gasteiger charge is -2.24. The van der Waals surface area contributed by atoms with E-state index in [1.165, 1.54) is 4.68 Å². The van der Waals surface area contributed by atoms with E-state index < -0.39 is 0 Å². The monoisotopic (exact) mass is 358 g/mol. The summed E-state index contributed by atoms with van der Waals surface area (Å²) >= 11 is 0. The van der Waals surface area contributed by atoms with Gasteiger partial charge in [0.15, 0.2) is 0 Å². The standard InChI is InChI=1S/C18H26N6O2/c1-4-23(5-2)16-13(7-6-10-19-16)11-20-17(25)14-8-9-15-21-22(3)18(26)24(15)12-14/h6-7,10,14H,4-5,8-9,11-12H2,1-3H3,(H,20,25). The van der Waals surface area contributed by atoms with Gasteiger partial charge >= 0.3 is 5.69 Å². The Hall–Kier alpha value is -2.64. The van der Waals surface area contributed by atoms with Crippen LogP contribution >= 0.6 is 0 Å². The van der Waals surface area contributed by atoms with Crippen molar-refractivity contribution in [2.24, 2.45) is 13.0 Å². The molecule has 0 aliphatic carbocycles. The summed E-state index contributed by atoms with van der Waals surface area (Å²) < 4.78 is 2.95. The van der Waals surface area contributed by atoms with Gasteiger partial charge in [-0.05, 0) is 26.3 Å². The fourth-order valence-corrected chi connectivity index (χ4v) is 3.46. The van der Waals surface area contributed by atoms with E-state index in [9.17, 15) is 9.59 Å². The van der Waals surface area contributed by atoms with Crippen molar-refractivity contribution in [3.05, 3.63) is 40.2 Å². The molecular weight excluding hydrogens is 332 g/mol. The van der Waals surface area contributed by atoms with E-state index in [1.807, 2.05) is 12.1 Å². The second kappa shape index (κ2) is 7.72. The Morgan fingerprint density at radius 2 is 2.15 bits per heavy atom. The molecule has 0 saturated carbocycles. The molecule has 26 heavy (non-hydrogen) atoms. The highest BCUT2D eigenvalue weighted by atomic mass is 16.2. The topological polar surface area (TPSA) is 85.1 Å². The Bertz CT molecular complexity index is 836. The molecule has 2 aromatic rings. The third-order valence-corrected chi connectivity index (χ3v) is 4.96. The summed E-state index contributed by atoms with van der Waals surface area (Å²) in [5, 5.41) is 7.23. The zero-order chi connectivity index (χ0) is 18.7. The van der Waals surface area contributed by atoms with Crippen LogP contribution in [0.4, 0.5) is 5.82 Å². The highest BCUT2D eigenvalue weighted by Gasteiger charge is 2.27. The Balaban J connectivity index is 1.67. The number of amides is 1. The number of hydrogen-bond acceptors (Lipinski definition) is 5. The maximum atomic E-state index is 12.6. The lowest BCUT2D eigenvalue weighted by atomic mass is 9.98. The van der Waals surface area contributed by atoms with E-state index in [2.05, 4.69) is 34.1 Å². The normalized spacial score (nSPS) is 16.2. The fourth-order valence-electron chi connectivity index (χ4n) is 3.46. The third kappa shape index (κ3) is 3.49. The molecule has 0 saturated heterocycles. The minimum absolute atomic E-state index is 0.0271. The summed E-state index contributed by atoms with van der Waals surface area (Å²) in [4.78, 5) is 31.3. The van der Waals surface area contributed by atoms with Gasteiger partial charge < -0.3 is 10.2 Å². The Morgan fingerprint density at radius 1 is 1.38 bits per heavy atom. The molecule has 140 valence electrons. The number of carbonyl (C=O) groups excluding carboxylic acids is 1.